The quantitative estimate of drug-likeness (QED) is 0.888. The zero-order chi connectivity index (χ0) is 13.0. The minimum Gasteiger partial charge on any atom is -0.468 e. The third-order valence-electron chi connectivity index (χ3n) is 2.06. The molecule has 0 aliphatic rings. The second-order valence-corrected chi connectivity index (χ2v) is 4.56. The summed E-state index contributed by atoms with van der Waals surface area (Å²) in [6, 6.07) is 2.11. The Kier molecular flexibility index (Phi) is 4.03. The van der Waals surface area contributed by atoms with Crippen LogP contribution in [0, 0.1) is 6.92 Å². The van der Waals surface area contributed by atoms with Crippen LogP contribution < -0.4 is 10.5 Å². The fourth-order valence-electron chi connectivity index (χ4n) is 1.23. The van der Waals surface area contributed by atoms with E-state index < -0.39 is 0 Å². The molecule has 18 heavy (non-hydrogen) atoms. The Bertz CT molecular complexity index is 530. The minimum atomic E-state index is 0.153. The van der Waals surface area contributed by atoms with Gasteiger partial charge in [-0.1, -0.05) is 6.92 Å². The van der Waals surface area contributed by atoms with Crippen LogP contribution in [0.15, 0.2) is 26.8 Å². The number of hydrogen-bond acceptors (Lipinski definition) is 7. The number of hydrogen-bond donors (Lipinski definition) is 1. The molecule has 2 aromatic rings. The predicted octanol–water partition coefficient (Wildman–Crippen LogP) is 2.30. The molecule has 2 rings (SSSR count). The van der Waals surface area contributed by atoms with E-state index >= 15 is 0 Å². The SMILES string of the molecule is CCCOc1nc(N)nc(Sc2ccoc2C)n1. The van der Waals surface area contributed by atoms with Gasteiger partial charge in [0.25, 0.3) is 0 Å². The van der Waals surface area contributed by atoms with Crippen LogP contribution >= 0.6 is 11.8 Å². The molecule has 0 aliphatic heterocycles. The highest BCUT2D eigenvalue weighted by molar-refractivity contribution is 7.99. The number of ether oxygens (including phenoxy) is 1. The molecule has 0 bridgehead atoms. The maximum atomic E-state index is 5.62. The zero-order valence-electron chi connectivity index (χ0n) is 10.2. The standard InChI is InChI=1S/C11H14N4O2S/c1-3-5-17-10-13-9(12)14-11(15-10)18-8-4-6-16-7(8)2/h4,6H,3,5H2,1-2H3,(H2,12,13,14,15). The maximum Gasteiger partial charge on any atom is 0.322 e. The largest absolute Gasteiger partial charge is 0.468 e. The van der Waals surface area contributed by atoms with Gasteiger partial charge in [0.05, 0.1) is 17.8 Å². The molecule has 6 nitrogen and oxygen atoms in total. The van der Waals surface area contributed by atoms with Gasteiger partial charge in [0.2, 0.25) is 11.1 Å². The van der Waals surface area contributed by atoms with E-state index in [1.807, 2.05) is 19.9 Å². The van der Waals surface area contributed by atoms with E-state index in [2.05, 4.69) is 15.0 Å². The highest BCUT2D eigenvalue weighted by Crippen LogP contribution is 2.29. The van der Waals surface area contributed by atoms with E-state index in [4.69, 9.17) is 14.9 Å². The smallest absolute Gasteiger partial charge is 0.322 e. The molecule has 7 heteroatoms. The molecule has 0 saturated heterocycles. The first-order valence-electron chi connectivity index (χ1n) is 5.55. The minimum absolute atomic E-state index is 0.153. The van der Waals surface area contributed by atoms with Crippen molar-refractivity contribution in [1.82, 2.24) is 15.0 Å². The summed E-state index contributed by atoms with van der Waals surface area (Å²) in [7, 11) is 0. The van der Waals surface area contributed by atoms with Crippen LogP contribution in [0.4, 0.5) is 5.95 Å². The Labute approximate surface area is 109 Å². The van der Waals surface area contributed by atoms with Gasteiger partial charge in [-0.25, -0.2) is 0 Å². The molecule has 0 spiro atoms. The van der Waals surface area contributed by atoms with Crippen LogP contribution in [-0.2, 0) is 0 Å². The van der Waals surface area contributed by atoms with Gasteiger partial charge in [0.1, 0.15) is 5.76 Å². The third-order valence-corrected chi connectivity index (χ3v) is 3.07. The average molecular weight is 266 g/mol. The molecule has 2 N–H and O–H groups in total. The summed E-state index contributed by atoms with van der Waals surface area (Å²) in [5.41, 5.74) is 5.62. The van der Waals surface area contributed by atoms with Crippen LogP contribution in [0.1, 0.15) is 19.1 Å². The van der Waals surface area contributed by atoms with Crippen molar-refractivity contribution in [2.75, 3.05) is 12.3 Å². The molecular formula is C11H14N4O2S. The highest BCUT2D eigenvalue weighted by Gasteiger charge is 2.10. The van der Waals surface area contributed by atoms with Gasteiger partial charge < -0.3 is 14.9 Å². The van der Waals surface area contributed by atoms with Crippen molar-refractivity contribution in [3.8, 4) is 6.01 Å². The number of aromatic nitrogens is 3. The number of nitrogens with zero attached hydrogens (tertiary/aromatic N) is 3. The Balaban J connectivity index is 2.17. The predicted molar refractivity (Wildman–Crippen MR) is 67.6 cm³/mol. The van der Waals surface area contributed by atoms with Gasteiger partial charge in [-0.15, -0.1) is 0 Å². The third kappa shape index (κ3) is 3.13. The molecule has 2 aromatic heterocycles. The summed E-state index contributed by atoms with van der Waals surface area (Å²) < 4.78 is 10.6. The van der Waals surface area contributed by atoms with Crippen molar-refractivity contribution >= 4 is 17.7 Å². The lowest BCUT2D eigenvalue weighted by Crippen LogP contribution is -2.05. The number of anilines is 1. The molecule has 2 heterocycles. The monoisotopic (exact) mass is 266 g/mol. The Morgan fingerprint density at radius 3 is 2.89 bits per heavy atom. The number of nitrogen functional groups attached to an aromatic ring is 1. The second-order valence-electron chi connectivity index (χ2n) is 3.55. The van der Waals surface area contributed by atoms with Crippen molar-refractivity contribution in [3.63, 3.8) is 0 Å². The fraction of sp³-hybridized carbons (Fsp3) is 0.364. The van der Waals surface area contributed by atoms with Crippen LogP contribution in [0.2, 0.25) is 0 Å². The van der Waals surface area contributed by atoms with E-state index in [1.54, 1.807) is 6.26 Å². The van der Waals surface area contributed by atoms with Gasteiger partial charge in [0.15, 0.2) is 0 Å². The molecule has 0 unspecified atom stereocenters. The van der Waals surface area contributed by atoms with Crippen molar-refractivity contribution in [1.29, 1.82) is 0 Å². The van der Waals surface area contributed by atoms with E-state index in [9.17, 15) is 0 Å². The molecule has 0 aliphatic carbocycles. The Morgan fingerprint density at radius 1 is 1.39 bits per heavy atom. The van der Waals surface area contributed by atoms with Crippen LogP contribution in [0.3, 0.4) is 0 Å². The van der Waals surface area contributed by atoms with Gasteiger partial charge >= 0.3 is 6.01 Å². The molecule has 0 amide bonds. The number of aryl methyl sites for hydroxylation is 1. The topological polar surface area (TPSA) is 87.1 Å². The Morgan fingerprint density at radius 2 is 2.22 bits per heavy atom. The molecule has 0 atom stereocenters. The first-order chi connectivity index (χ1) is 8.69. The normalized spacial score (nSPS) is 10.6. The van der Waals surface area contributed by atoms with Crippen molar-refractivity contribution < 1.29 is 9.15 Å². The summed E-state index contributed by atoms with van der Waals surface area (Å²) in [6.07, 6.45) is 2.51. The first-order valence-corrected chi connectivity index (χ1v) is 6.37. The lowest BCUT2D eigenvalue weighted by atomic mass is 10.5. The number of furan rings is 1. The van der Waals surface area contributed by atoms with E-state index in [1.165, 1.54) is 11.8 Å². The summed E-state index contributed by atoms with van der Waals surface area (Å²) >= 11 is 1.37. The lowest BCUT2D eigenvalue weighted by molar-refractivity contribution is 0.288. The average Bonchev–Trinajstić information content (AvgIpc) is 2.72. The number of rotatable bonds is 5. The van der Waals surface area contributed by atoms with Crippen LogP contribution in [-0.4, -0.2) is 21.6 Å². The lowest BCUT2D eigenvalue weighted by Gasteiger charge is -2.04. The highest BCUT2D eigenvalue weighted by atomic mass is 32.2. The molecule has 0 aromatic carbocycles. The first kappa shape index (κ1) is 12.7. The molecule has 96 valence electrons. The second kappa shape index (κ2) is 5.72. The van der Waals surface area contributed by atoms with Crippen molar-refractivity contribution in [2.45, 2.75) is 30.3 Å². The fourth-order valence-corrected chi connectivity index (χ4v) is 2.01. The summed E-state index contributed by atoms with van der Waals surface area (Å²) in [5, 5.41) is 0.498. The van der Waals surface area contributed by atoms with Gasteiger partial charge in [-0.2, -0.15) is 15.0 Å². The molecule has 0 radical (unpaired) electrons. The van der Waals surface area contributed by atoms with E-state index in [0.29, 0.717) is 11.8 Å². The van der Waals surface area contributed by atoms with Crippen molar-refractivity contribution in [2.24, 2.45) is 0 Å². The molecular weight excluding hydrogens is 252 g/mol. The van der Waals surface area contributed by atoms with Gasteiger partial charge in [0, 0.05) is 0 Å². The van der Waals surface area contributed by atoms with Gasteiger partial charge in [-0.3, -0.25) is 0 Å². The van der Waals surface area contributed by atoms with Crippen molar-refractivity contribution in [3.05, 3.63) is 18.1 Å². The summed E-state index contributed by atoms with van der Waals surface area (Å²) in [6.45, 7) is 4.44. The summed E-state index contributed by atoms with van der Waals surface area (Å²) in [5.74, 6) is 0.967. The molecule has 0 fully saturated rings. The summed E-state index contributed by atoms with van der Waals surface area (Å²) in [4.78, 5) is 13.1. The van der Waals surface area contributed by atoms with E-state index in [-0.39, 0.29) is 12.0 Å². The zero-order valence-corrected chi connectivity index (χ0v) is 11.0. The maximum absolute atomic E-state index is 5.62. The van der Waals surface area contributed by atoms with Gasteiger partial charge in [-0.05, 0) is 31.2 Å². The molecule has 0 saturated carbocycles. The van der Waals surface area contributed by atoms with Crippen LogP contribution in [0.5, 0.6) is 6.01 Å². The van der Waals surface area contributed by atoms with Crippen LogP contribution in [0.25, 0.3) is 0 Å². The Hall–Kier alpha value is -1.76. The van der Waals surface area contributed by atoms with E-state index in [0.717, 1.165) is 17.1 Å². The number of nitrogens with two attached hydrogens (primary N) is 1.